The zero-order valence-corrected chi connectivity index (χ0v) is 19.0. The number of hydrogen-bond donors (Lipinski definition) is 3. The smallest absolute Gasteiger partial charge is 0.323 e. The van der Waals surface area contributed by atoms with Gasteiger partial charge in [0.15, 0.2) is 0 Å². The van der Waals surface area contributed by atoms with Gasteiger partial charge in [0, 0.05) is 25.4 Å². The lowest BCUT2D eigenvalue weighted by molar-refractivity contribution is 0.0957. The number of amides is 3. The van der Waals surface area contributed by atoms with E-state index in [0.717, 1.165) is 18.2 Å². The fourth-order valence-corrected chi connectivity index (χ4v) is 4.10. The largest absolute Gasteiger partial charge is 0.457 e. The van der Waals surface area contributed by atoms with Crippen LogP contribution in [0.4, 0.5) is 40.0 Å². The third-order valence-corrected chi connectivity index (χ3v) is 5.93. The second-order valence-corrected chi connectivity index (χ2v) is 9.62. The number of nitrogens with one attached hydrogen (secondary N) is 3. The Kier molecular flexibility index (Phi) is 6.33. The second-order valence-electron chi connectivity index (χ2n) is 6.87. The topological polar surface area (TPSA) is 92.4 Å². The van der Waals surface area contributed by atoms with E-state index in [9.17, 15) is 33.4 Å². The Morgan fingerprint density at radius 3 is 2.23 bits per heavy atom. The van der Waals surface area contributed by atoms with Gasteiger partial charge in [-0.1, -0.05) is 37.1 Å². The number of aromatic nitrogens is 1. The van der Waals surface area contributed by atoms with Crippen molar-refractivity contribution in [2.45, 2.75) is 4.90 Å². The van der Waals surface area contributed by atoms with Gasteiger partial charge in [-0.15, -0.1) is 0 Å². The maximum atomic E-state index is 14.4. The van der Waals surface area contributed by atoms with E-state index in [1.165, 1.54) is 31.4 Å². The average molecular weight is 541 g/mol. The van der Waals surface area contributed by atoms with Gasteiger partial charge >= 0.3 is 16.3 Å². The van der Waals surface area contributed by atoms with Crippen molar-refractivity contribution in [3.8, 4) is 11.5 Å². The number of urea groups is 1. The molecule has 0 aliphatic heterocycles. The Morgan fingerprint density at radius 2 is 1.60 bits per heavy atom. The summed E-state index contributed by atoms with van der Waals surface area (Å²) in [6.07, 6.45) is 1.30. The molecule has 3 rings (SSSR count). The van der Waals surface area contributed by atoms with E-state index in [2.05, 4.69) is 10.3 Å². The van der Waals surface area contributed by atoms with E-state index in [1.807, 2.05) is 10.6 Å². The third-order valence-electron chi connectivity index (χ3n) is 4.24. The van der Waals surface area contributed by atoms with Crippen LogP contribution < -0.4 is 20.7 Å². The number of carbonyl (C=O) groups excluding carboxylic acids is 2. The summed E-state index contributed by atoms with van der Waals surface area (Å²) in [6.45, 7) is 0. The van der Waals surface area contributed by atoms with Crippen LogP contribution >= 0.6 is 21.8 Å². The number of anilines is 2. The number of halogens is 7. The summed E-state index contributed by atoms with van der Waals surface area (Å²) in [5, 5.41) is 4.86. The molecule has 1 heterocycles. The molecule has 15 heteroatoms. The van der Waals surface area contributed by atoms with Gasteiger partial charge in [0.25, 0.3) is 5.91 Å². The molecule has 0 saturated carbocycles. The van der Waals surface area contributed by atoms with Crippen LogP contribution in [-0.4, -0.2) is 24.0 Å². The molecule has 0 saturated heterocycles. The lowest BCUT2D eigenvalue weighted by Gasteiger charge is -2.41. The van der Waals surface area contributed by atoms with Crippen LogP contribution in [-0.2, 0) is 0 Å². The summed E-state index contributed by atoms with van der Waals surface area (Å²) in [7, 11) is -8.71. The van der Waals surface area contributed by atoms with E-state index in [4.69, 9.17) is 16.3 Å². The van der Waals surface area contributed by atoms with Crippen LogP contribution in [0.25, 0.3) is 0 Å². The molecule has 7 nitrogen and oxygen atoms in total. The van der Waals surface area contributed by atoms with Gasteiger partial charge in [-0.3, -0.25) is 9.78 Å². The summed E-state index contributed by atoms with van der Waals surface area (Å²) in [6, 6.07) is 6.28. The lowest BCUT2D eigenvalue weighted by Crippen LogP contribution is -2.21. The molecule has 0 fully saturated rings. The molecule has 0 unspecified atom stereocenters. The Morgan fingerprint density at radius 1 is 0.943 bits per heavy atom. The highest BCUT2D eigenvalue weighted by atomic mass is 35.5. The molecule has 3 N–H and O–H groups in total. The highest BCUT2D eigenvalue weighted by Crippen LogP contribution is 3.02. The summed E-state index contributed by atoms with van der Waals surface area (Å²) < 4.78 is 85.4. The maximum absolute atomic E-state index is 14.4. The van der Waals surface area contributed by atoms with Crippen LogP contribution in [0.2, 0.25) is 5.02 Å². The molecule has 1 aromatic heterocycles. The van der Waals surface area contributed by atoms with Gasteiger partial charge in [0.1, 0.15) is 27.9 Å². The minimum absolute atomic E-state index is 0.0193. The van der Waals surface area contributed by atoms with Gasteiger partial charge in [0.05, 0.1) is 16.4 Å². The highest BCUT2D eigenvalue weighted by molar-refractivity contribution is 8.45. The van der Waals surface area contributed by atoms with Crippen molar-refractivity contribution in [1.29, 1.82) is 0 Å². The standard InChI is InChI=1S/C20H15ClF6N4O3S/c1-28-19(32)16-10-12(7-8-29-16)34-11-5-6-14(13(22)9-11)30-20(33)31-15-3-2-4-17(18(15)21)35(23,24,25,26)27/h2-10H,1H3,(H,28,32)(H2,30,31,33). The van der Waals surface area contributed by atoms with Gasteiger partial charge in [-0.25, -0.2) is 9.18 Å². The monoisotopic (exact) mass is 540 g/mol. The van der Waals surface area contributed by atoms with Crippen molar-refractivity contribution in [3.63, 3.8) is 0 Å². The van der Waals surface area contributed by atoms with Crippen LogP contribution in [0.15, 0.2) is 59.6 Å². The molecular formula is C20H15ClF6N4O3S. The number of benzene rings is 2. The summed E-state index contributed by atoms with van der Waals surface area (Å²) in [5.74, 6) is -1.33. The molecule has 0 bridgehead atoms. The molecule has 0 aliphatic carbocycles. The normalized spacial score (nSPS) is 13.3. The van der Waals surface area contributed by atoms with E-state index >= 15 is 0 Å². The van der Waals surface area contributed by atoms with E-state index in [-0.39, 0.29) is 23.3 Å². The van der Waals surface area contributed by atoms with Gasteiger partial charge < -0.3 is 20.7 Å². The van der Waals surface area contributed by atoms with E-state index in [1.54, 1.807) is 0 Å². The average Bonchev–Trinajstić information content (AvgIpc) is 2.75. The number of rotatable bonds is 6. The first-order valence-corrected chi connectivity index (χ1v) is 11.7. The summed E-state index contributed by atoms with van der Waals surface area (Å²) in [4.78, 5) is 25.2. The van der Waals surface area contributed by atoms with Crippen molar-refractivity contribution in [2.24, 2.45) is 0 Å². The van der Waals surface area contributed by atoms with Crippen molar-refractivity contribution in [3.05, 3.63) is 71.3 Å². The third kappa shape index (κ3) is 6.48. The number of hydrogen-bond acceptors (Lipinski definition) is 4. The maximum Gasteiger partial charge on any atom is 0.323 e. The Hall–Kier alpha value is -3.65. The van der Waals surface area contributed by atoms with Crippen LogP contribution in [0, 0.1) is 5.82 Å². The fraction of sp³-hybridized carbons (Fsp3) is 0.0500. The highest BCUT2D eigenvalue weighted by Gasteiger charge is 2.66. The summed E-state index contributed by atoms with van der Waals surface area (Å²) in [5.41, 5.74) is -1.12. The quantitative estimate of drug-likeness (QED) is 0.285. The molecule has 0 spiro atoms. The van der Waals surface area contributed by atoms with Crippen molar-refractivity contribution in [2.75, 3.05) is 17.7 Å². The fourth-order valence-electron chi connectivity index (χ4n) is 2.70. The second kappa shape index (κ2) is 8.53. The zero-order chi connectivity index (χ0) is 26.1. The number of pyridine rings is 1. The predicted octanol–water partition coefficient (Wildman–Crippen LogP) is 7.33. The van der Waals surface area contributed by atoms with Gasteiger partial charge in [-0.05, 0) is 30.3 Å². The molecule has 0 radical (unpaired) electrons. The van der Waals surface area contributed by atoms with Crippen LogP contribution in [0.3, 0.4) is 0 Å². The van der Waals surface area contributed by atoms with Crippen molar-refractivity contribution in [1.82, 2.24) is 10.3 Å². The van der Waals surface area contributed by atoms with Gasteiger partial charge in [0.2, 0.25) is 0 Å². The molecular weight excluding hydrogens is 526 g/mol. The minimum Gasteiger partial charge on any atom is -0.457 e. The predicted molar refractivity (Wildman–Crippen MR) is 120 cm³/mol. The number of nitrogens with zero attached hydrogens (tertiary/aromatic N) is 1. The SMILES string of the molecule is CNC(=O)c1cc(Oc2ccc(NC(=O)Nc3cccc(S(F)(F)(F)(F)F)c3Cl)c(F)c2)ccn1. The molecule has 0 aliphatic rings. The molecule has 3 amide bonds. The minimum atomic E-state index is -10.1. The molecule has 188 valence electrons. The molecule has 2 aromatic carbocycles. The van der Waals surface area contributed by atoms with Crippen LogP contribution in [0.5, 0.6) is 11.5 Å². The number of carbonyl (C=O) groups is 2. The van der Waals surface area contributed by atoms with E-state index < -0.39 is 49.3 Å². The van der Waals surface area contributed by atoms with E-state index in [0.29, 0.717) is 6.07 Å². The molecule has 0 atom stereocenters. The van der Waals surface area contributed by atoms with Crippen molar-refractivity contribution < 1.29 is 38.1 Å². The van der Waals surface area contributed by atoms with Crippen LogP contribution in [0.1, 0.15) is 10.5 Å². The summed E-state index contributed by atoms with van der Waals surface area (Å²) >= 11 is 5.46. The molecule has 35 heavy (non-hydrogen) atoms. The lowest BCUT2D eigenvalue weighted by atomic mass is 10.2. The number of ether oxygens (including phenoxy) is 1. The first-order chi connectivity index (χ1) is 16.1. The molecule has 3 aromatic rings. The Balaban J connectivity index is 1.74. The zero-order valence-electron chi connectivity index (χ0n) is 17.4. The first-order valence-electron chi connectivity index (χ1n) is 9.33. The Labute approximate surface area is 199 Å². The Bertz CT molecular complexity index is 1330. The van der Waals surface area contributed by atoms with Gasteiger partial charge in [-0.2, -0.15) is 0 Å². The first kappa shape index (κ1) is 26.0. The van der Waals surface area contributed by atoms with Crippen molar-refractivity contribution >= 4 is 45.1 Å².